The van der Waals surface area contributed by atoms with Gasteiger partial charge in [0.15, 0.2) is 0 Å². The number of fused-ring (bicyclic) bond motifs is 1. The molecule has 1 fully saturated rings. The summed E-state index contributed by atoms with van der Waals surface area (Å²) in [5, 5.41) is 4.79. The number of carbonyl (C=O) groups is 1. The molecule has 144 valence electrons. The summed E-state index contributed by atoms with van der Waals surface area (Å²) in [5.41, 5.74) is 2.96. The van der Waals surface area contributed by atoms with E-state index in [1.165, 1.54) is 43.1 Å². The summed E-state index contributed by atoms with van der Waals surface area (Å²) in [6.45, 7) is 2.24. The molecule has 3 aromatic rings. The van der Waals surface area contributed by atoms with Crippen LogP contribution in [0.25, 0.3) is 10.9 Å². The minimum absolute atomic E-state index is 0.0322. The standard InChI is InChI=1S/C22H24N4OS/c27-21(15-28-22-19-7-3-4-8-20(19)23-16-24-22)25-17-9-11-18(12-10-17)26-13-5-1-2-6-14-26/h3-4,7-12,16H,1-2,5-6,13-15H2,(H,25,27). The number of anilines is 2. The number of rotatable bonds is 5. The predicted octanol–water partition coefficient (Wildman–Crippen LogP) is 4.74. The summed E-state index contributed by atoms with van der Waals surface area (Å²) in [7, 11) is 0. The number of hydrogen-bond donors (Lipinski definition) is 1. The van der Waals surface area contributed by atoms with E-state index in [-0.39, 0.29) is 5.91 Å². The van der Waals surface area contributed by atoms with Gasteiger partial charge < -0.3 is 10.2 Å². The van der Waals surface area contributed by atoms with Crippen molar-refractivity contribution < 1.29 is 4.79 Å². The van der Waals surface area contributed by atoms with Gasteiger partial charge in [-0.2, -0.15) is 0 Å². The lowest BCUT2D eigenvalue weighted by molar-refractivity contribution is -0.113. The van der Waals surface area contributed by atoms with Crippen molar-refractivity contribution in [1.82, 2.24) is 9.97 Å². The summed E-state index contributed by atoms with van der Waals surface area (Å²) >= 11 is 1.43. The minimum Gasteiger partial charge on any atom is -0.372 e. The van der Waals surface area contributed by atoms with E-state index < -0.39 is 0 Å². The third-order valence-electron chi connectivity index (χ3n) is 4.97. The Morgan fingerprint density at radius 2 is 1.71 bits per heavy atom. The summed E-state index contributed by atoms with van der Waals surface area (Å²) in [4.78, 5) is 23.4. The first-order chi connectivity index (χ1) is 13.8. The molecule has 1 saturated heterocycles. The highest BCUT2D eigenvalue weighted by Crippen LogP contribution is 2.25. The van der Waals surface area contributed by atoms with E-state index in [4.69, 9.17) is 0 Å². The van der Waals surface area contributed by atoms with Gasteiger partial charge in [0, 0.05) is 29.9 Å². The Bertz CT molecular complexity index is 931. The van der Waals surface area contributed by atoms with Crippen LogP contribution in [0.4, 0.5) is 11.4 Å². The Balaban J connectivity index is 1.34. The zero-order valence-corrected chi connectivity index (χ0v) is 16.6. The molecule has 1 aromatic heterocycles. The summed E-state index contributed by atoms with van der Waals surface area (Å²) in [6, 6.07) is 16.0. The fourth-order valence-electron chi connectivity index (χ4n) is 3.51. The van der Waals surface area contributed by atoms with Crippen molar-refractivity contribution in [3.8, 4) is 0 Å². The van der Waals surface area contributed by atoms with Gasteiger partial charge in [0.05, 0.1) is 11.3 Å². The smallest absolute Gasteiger partial charge is 0.234 e. The van der Waals surface area contributed by atoms with Gasteiger partial charge in [-0.05, 0) is 43.2 Å². The van der Waals surface area contributed by atoms with Gasteiger partial charge in [0.2, 0.25) is 5.91 Å². The molecule has 4 rings (SSSR count). The molecule has 1 aliphatic rings. The molecule has 0 atom stereocenters. The molecule has 0 unspecified atom stereocenters. The number of amides is 1. The molecule has 0 radical (unpaired) electrons. The maximum atomic E-state index is 12.4. The van der Waals surface area contributed by atoms with Crippen LogP contribution in [0.5, 0.6) is 0 Å². The van der Waals surface area contributed by atoms with Gasteiger partial charge in [-0.3, -0.25) is 4.79 Å². The molecule has 5 nitrogen and oxygen atoms in total. The van der Waals surface area contributed by atoms with Gasteiger partial charge in [-0.25, -0.2) is 9.97 Å². The van der Waals surface area contributed by atoms with Gasteiger partial charge in [-0.15, -0.1) is 0 Å². The average molecular weight is 393 g/mol. The number of thioether (sulfide) groups is 1. The largest absolute Gasteiger partial charge is 0.372 e. The van der Waals surface area contributed by atoms with Gasteiger partial charge in [0.1, 0.15) is 11.4 Å². The highest BCUT2D eigenvalue weighted by atomic mass is 32.2. The van der Waals surface area contributed by atoms with Crippen molar-refractivity contribution in [2.45, 2.75) is 30.7 Å². The van der Waals surface area contributed by atoms with Crippen molar-refractivity contribution in [3.05, 3.63) is 54.9 Å². The Labute approximate surface area is 169 Å². The Kier molecular flexibility index (Phi) is 6.07. The maximum Gasteiger partial charge on any atom is 0.234 e. The molecule has 1 N–H and O–H groups in total. The van der Waals surface area contributed by atoms with Crippen LogP contribution in [0.15, 0.2) is 59.9 Å². The number of para-hydroxylation sites is 1. The van der Waals surface area contributed by atoms with Crippen molar-refractivity contribution in [3.63, 3.8) is 0 Å². The van der Waals surface area contributed by atoms with E-state index in [9.17, 15) is 4.79 Å². The Morgan fingerprint density at radius 1 is 0.964 bits per heavy atom. The minimum atomic E-state index is -0.0322. The van der Waals surface area contributed by atoms with Crippen molar-refractivity contribution in [2.75, 3.05) is 29.1 Å². The lowest BCUT2D eigenvalue weighted by Crippen LogP contribution is -2.23. The van der Waals surface area contributed by atoms with Gasteiger partial charge >= 0.3 is 0 Å². The molecular weight excluding hydrogens is 368 g/mol. The fraction of sp³-hybridized carbons (Fsp3) is 0.318. The number of hydrogen-bond acceptors (Lipinski definition) is 5. The van der Waals surface area contributed by atoms with E-state index in [2.05, 4.69) is 32.3 Å². The van der Waals surface area contributed by atoms with E-state index in [0.29, 0.717) is 5.75 Å². The average Bonchev–Trinajstić information content (AvgIpc) is 3.02. The summed E-state index contributed by atoms with van der Waals surface area (Å²) in [5.74, 6) is 0.282. The first-order valence-corrected chi connectivity index (χ1v) is 10.8. The third kappa shape index (κ3) is 4.62. The second-order valence-electron chi connectivity index (χ2n) is 6.98. The molecule has 1 amide bonds. The van der Waals surface area contributed by atoms with Crippen LogP contribution in [0.1, 0.15) is 25.7 Å². The van der Waals surface area contributed by atoms with Crippen LogP contribution in [0.2, 0.25) is 0 Å². The van der Waals surface area contributed by atoms with Crippen LogP contribution in [0, 0.1) is 0 Å². The lowest BCUT2D eigenvalue weighted by Gasteiger charge is -2.22. The van der Waals surface area contributed by atoms with Crippen LogP contribution < -0.4 is 10.2 Å². The highest BCUT2D eigenvalue weighted by Gasteiger charge is 2.11. The summed E-state index contributed by atoms with van der Waals surface area (Å²) in [6.07, 6.45) is 6.71. The first kappa shape index (κ1) is 18.7. The molecule has 0 saturated carbocycles. The maximum absolute atomic E-state index is 12.4. The Hall–Kier alpha value is -2.60. The third-order valence-corrected chi connectivity index (χ3v) is 5.97. The number of nitrogens with one attached hydrogen (secondary N) is 1. The van der Waals surface area contributed by atoms with Crippen LogP contribution in [0.3, 0.4) is 0 Å². The molecular formula is C22H24N4OS. The fourth-order valence-corrected chi connectivity index (χ4v) is 4.30. The van der Waals surface area contributed by atoms with Crippen molar-refractivity contribution in [2.24, 2.45) is 0 Å². The molecule has 1 aliphatic heterocycles. The van der Waals surface area contributed by atoms with E-state index in [1.54, 1.807) is 6.33 Å². The van der Waals surface area contributed by atoms with E-state index in [1.807, 2.05) is 36.4 Å². The predicted molar refractivity (Wildman–Crippen MR) is 116 cm³/mol. The van der Waals surface area contributed by atoms with Crippen LogP contribution in [-0.2, 0) is 4.79 Å². The molecule has 0 spiro atoms. The van der Waals surface area contributed by atoms with Gasteiger partial charge in [0.25, 0.3) is 0 Å². The highest BCUT2D eigenvalue weighted by molar-refractivity contribution is 8.00. The summed E-state index contributed by atoms with van der Waals surface area (Å²) < 4.78 is 0. The molecule has 6 heteroatoms. The second kappa shape index (κ2) is 9.06. The molecule has 2 aromatic carbocycles. The monoisotopic (exact) mass is 392 g/mol. The normalized spacial score (nSPS) is 14.6. The number of nitrogens with zero attached hydrogens (tertiary/aromatic N) is 3. The van der Waals surface area contributed by atoms with Crippen LogP contribution >= 0.6 is 11.8 Å². The van der Waals surface area contributed by atoms with Crippen LogP contribution in [-0.4, -0.2) is 34.7 Å². The molecule has 0 aliphatic carbocycles. The molecule has 28 heavy (non-hydrogen) atoms. The topological polar surface area (TPSA) is 58.1 Å². The number of carbonyl (C=O) groups excluding carboxylic acids is 1. The second-order valence-corrected chi connectivity index (χ2v) is 7.95. The Morgan fingerprint density at radius 3 is 2.50 bits per heavy atom. The van der Waals surface area contributed by atoms with Crippen molar-refractivity contribution in [1.29, 1.82) is 0 Å². The number of aromatic nitrogens is 2. The van der Waals surface area contributed by atoms with Crippen molar-refractivity contribution >= 4 is 39.9 Å². The zero-order chi connectivity index (χ0) is 19.2. The quantitative estimate of drug-likeness (QED) is 0.502. The molecule has 0 bridgehead atoms. The number of benzene rings is 2. The zero-order valence-electron chi connectivity index (χ0n) is 15.8. The molecule has 2 heterocycles. The SMILES string of the molecule is O=C(CSc1ncnc2ccccc12)Nc1ccc(N2CCCCCC2)cc1. The van der Waals surface area contributed by atoms with Gasteiger partial charge in [-0.1, -0.05) is 42.8 Å². The lowest BCUT2D eigenvalue weighted by atomic mass is 10.2. The van der Waals surface area contributed by atoms with E-state index in [0.717, 1.165) is 34.7 Å². The first-order valence-electron chi connectivity index (χ1n) is 9.77. The van der Waals surface area contributed by atoms with E-state index >= 15 is 0 Å².